The third-order valence-electron chi connectivity index (χ3n) is 13.8. The quantitative estimate of drug-likeness (QED) is 0.0243. The molecule has 0 bridgehead atoms. The number of aliphatic hydroxyl groups is 1. The van der Waals surface area contributed by atoms with Crippen LogP contribution in [0.3, 0.4) is 0 Å². The topological polar surface area (TPSA) is 105 Å². The van der Waals surface area contributed by atoms with Gasteiger partial charge < -0.3 is 19.8 Å². The van der Waals surface area contributed by atoms with E-state index in [0.717, 1.165) is 38.5 Å². The molecule has 8 nitrogen and oxygen atoms in total. The van der Waals surface area contributed by atoms with Crippen LogP contribution in [0.15, 0.2) is 12.2 Å². The predicted molar refractivity (Wildman–Crippen MR) is 291 cm³/mol. The van der Waals surface area contributed by atoms with Crippen LogP contribution in [0.25, 0.3) is 0 Å². The van der Waals surface area contributed by atoms with Crippen molar-refractivity contribution in [2.24, 2.45) is 0 Å². The van der Waals surface area contributed by atoms with Crippen LogP contribution in [0.1, 0.15) is 303 Å². The Morgan fingerprint density at radius 1 is 0.493 bits per heavy atom. The van der Waals surface area contributed by atoms with Crippen molar-refractivity contribution in [2.75, 3.05) is 40.9 Å². The normalized spacial score (nSPS) is 14.0. The number of allylic oxidation sites excluding steroid dienone is 2. The number of phosphoric ester groups is 1. The van der Waals surface area contributed by atoms with Crippen molar-refractivity contribution in [3.05, 3.63) is 12.2 Å². The Balaban J connectivity index is 4.12. The lowest BCUT2D eigenvalue weighted by molar-refractivity contribution is -0.870. The number of nitrogens with zero attached hydrogens (tertiary/aromatic N) is 1. The van der Waals surface area contributed by atoms with Gasteiger partial charge in [0.1, 0.15) is 13.2 Å². The van der Waals surface area contributed by atoms with Gasteiger partial charge in [0.05, 0.1) is 39.9 Å². The Kier molecular flexibility index (Phi) is 49.6. The monoisotopic (exact) mass is 970 g/mol. The van der Waals surface area contributed by atoms with E-state index in [1.54, 1.807) is 0 Å². The van der Waals surface area contributed by atoms with E-state index >= 15 is 0 Å². The van der Waals surface area contributed by atoms with Crippen LogP contribution < -0.4 is 5.32 Å². The first-order valence-electron chi connectivity index (χ1n) is 29.6. The highest BCUT2D eigenvalue weighted by Gasteiger charge is 2.28. The number of likely N-dealkylation sites (N-methyl/N-ethyl adjacent to an activating group) is 1. The van der Waals surface area contributed by atoms with Crippen molar-refractivity contribution in [1.29, 1.82) is 0 Å². The number of carbonyl (C=O) groups is 1. The van der Waals surface area contributed by atoms with Crippen LogP contribution >= 0.6 is 7.82 Å². The number of phosphoric acid groups is 1. The molecule has 67 heavy (non-hydrogen) atoms. The zero-order valence-corrected chi connectivity index (χ0v) is 46.6. The molecule has 0 aliphatic rings. The number of rotatable bonds is 55. The molecule has 1 amide bonds. The average molecular weight is 971 g/mol. The van der Waals surface area contributed by atoms with E-state index in [-0.39, 0.29) is 19.1 Å². The summed E-state index contributed by atoms with van der Waals surface area (Å²) in [6.45, 7) is 4.94. The molecule has 0 aliphatic carbocycles. The smallest absolute Gasteiger partial charge is 0.391 e. The first-order chi connectivity index (χ1) is 32.5. The maximum absolute atomic E-state index is 13.0. The van der Waals surface area contributed by atoms with Gasteiger partial charge in [-0.05, 0) is 38.5 Å². The number of aliphatic hydroxyl groups excluding tert-OH is 1. The van der Waals surface area contributed by atoms with Crippen LogP contribution in [0.2, 0.25) is 0 Å². The van der Waals surface area contributed by atoms with E-state index in [0.29, 0.717) is 23.9 Å². The molecule has 0 aromatic carbocycles. The second-order valence-corrected chi connectivity index (χ2v) is 23.2. The molecule has 3 unspecified atom stereocenters. The van der Waals surface area contributed by atoms with Crippen molar-refractivity contribution in [3.63, 3.8) is 0 Å². The maximum atomic E-state index is 13.0. The minimum atomic E-state index is -4.32. The van der Waals surface area contributed by atoms with Crippen LogP contribution in [-0.2, 0) is 18.4 Å². The summed E-state index contributed by atoms with van der Waals surface area (Å²) in [7, 11) is 1.63. The molecule has 0 aromatic rings. The lowest BCUT2D eigenvalue weighted by atomic mass is 10.0. The largest absolute Gasteiger partial charge is 0.472 e. The number of unbranched alkanes of at least 4 members (excludes halogenated alkanes) is 40. The second kappa shape index (κ2) is 50.2. The highest BCUT2D eigenvalue weighted by atomic mass is 31.2. The van der Waals surface area contributed by atoms with E-state index in [1.807, 2.05) is 21.1 Å². The zero-order chi connectivity index (χ0) is 49.2. The fraction of sp³-hybridized carbons (Fsp3) is 0.948. The lowest BCUT2D eigenvalue weighted by Crippen LogP contribution is -2.46. The molecule has 3 N–H and O–H groups in total. The summed E-state index contributed by atoms with van der Waals surface area (Å²) in [4.78, 5) is 23.3. The minimum absolute atomic E-state index is 0.0775. The Morgan fingerprint density at radius 2 is 0.806 bits per heavy atom. The number of hydrogen-bond acceptors (Lipinski definition) is 5. The molecule has 0 rings (SSSR count). The van der Waals surface area contributed by atoms with Crippen molar-refractivity contribution in [3.8, 4) is 0 Å². The second-order valence-electron chi connectivity index (χ2n) is 21.7. The minimum Gasteiger partial charge on any atom is -0.391 e. The predicted octanol–water partition coefficient (Wildman–Crippen LogP) is 17.8. The summed E-state index contributed by atoms with van der Waals surface area (Å²) in [5.74, 6) is -0.139. The van der Waals surface area contributed by atoms with Gasteiger partial charge in [-0.3, -0.25) is 13.8 Å². The molecule has 0 saturated carbocycles. The molecule has 0 heterocycles. The van der Waals surface area contributed by atoms with Gasteiger partial charge in [0, 0.05) is 6.42 Å². The number of quaternary nitrogens is 1. The maximum Gasteiger partial charge on any atom is 0.472 e. The van der Waals surface area contributed by atoms with Crippen molar-refractivity contribution >= 4 is 13.7 Å². The Morgan fingerprint density at radius 3 is 1.15 bits per heavy atom. The van der Waals surface area contributed by atoms with Crippen LogP contribution in [0.4, 0.5) is 0 Å². The summed E-state index contributed by atoms with van der Waals surface area (Å²) in [5.41, 5.74) is 0. The van der Waals surface area contributed by atoms with Gasteiger partial charge in [-0.2, -0.15) is 0 Å². The summed E-state index contributed by atoms with van der Waals surface area (Å²) < 4.78 is 23.8. The standard InChI is InChI=1S/C58H117N2O6P/c1-6-8-10-12-14-16-18-20-22-24-26-28-29-30-31-32-34-36-38-40-42-44-46-48-50-52-58(62)59-56(55-66-67(63,64)65-54-53-60(3,4)5)57(61)51-49-47-45-43-41-39-37-35-33-27-25-23-21-19-17-15-13-11-9-7-2/h24,26,56-57,61H,6-23,25,27-55H2,1-5H3,(H-,59,62,63,64)/p+1/b26-24-. The molecule has 0 saturated heterocycles. The van der Waals surface area contributed by atoms with Crippen molar-refractivity contribution in [1.82, 2.24) is 5.32 Å². The molecule has 9 heteroatoms. The zero-order valence-electron chi connectivity index (χ0n) is 45.7. The fourth-order valence-electron chi connectivity index (χ4n) is 9.10. The number of carbonyl (C=O) groups excluding carboxylic acids is 1. The third kappa shape index (κ3) is 52.9. The van der Waals surface area contributed by atoms with Gasteiger partial charge in [0.25, 0.3) is 0 Å². The molecule has 3 atom stereocenters. The number of amides is 1. The van der Waals surface area contributed by atoms with Gasteiger partial charge in [0.2, 0.25) is 5.91 Å². The van der Waals surface area contributed by atoms with E-state index in [4.69, 9.17) is 9.05 Å². The summed E-state index contributed by atoms with van der Waals surface area (Å²) >= 11 is 0. The van der Waals surface area contributed by atoms with Gasteiger partial charge in [-0.1, -0.05) is 270 Å². The molecular formula is C58H118N2O6P+. The molecule has 0 aliphatic heterocycles. The van der Waals surface area contributed by atoms with E-state index in [9.17, 15) is 19.4 Å². The number of hydrogen-bond donors (Lipinski definition) is 3. The first-order valence-corrected chi connectivity index (χ1v) is 31.0. The van der Waals surface area contributed by atoms with E-state index < -0.39 is 20.0 Å². The molecule has 0 radical (unpaired) electrons. The van der Waals surface area contributed by atoms with E-state index in [1.165, 1.54) is 238 Å². The summed E-state index contributed by atoms with van der Waals surface area (Å²) in [6.07, 6.45) is 61.2. The van der Waals surface area contributed by atoms with Crippen LogP contribution in [0.5, 0.6) is 0 Å². The summed E-state index contributed by atoms with van der Waals surface area (Å²) in [6, 6.07) is -0.758. The molecule has 0 aromatic heterocycles. The van der Waals surface area contributed by atoms with Gasteiger partial charge in [-0.15, -0.1) is 0 Å². The third-order valence-corrected chi connectivity index (χ3v) is 14.7. The Bertz CT molecular complexity index is 1100. The highest BCUT2D eigenvalue weighted by Crippen LogP contribution is 2.43. The average Bonchev–Trinajstić information content (AvgIpc) is 3.29. The van der Waals surface area contributed by atoms with Crippen molar-refractivity contribution in [2.45, 2.75) is 315 Å². The molecule has 400 valence electrons. The summed E-state index contributed by atoms with van der Waals surface area (Å²) in [5, 5.41) is 14.1. The van der Waals surface area contributed by atoms with Crippen molar-refractivity contribution < 1.29 is 32.9 Å². The fourth-order valence-corrected chi connectivity index (χ4v) is 9.84. The molecule has 0 spiro atoms. The van der Waals surface area contributed by atoms with Crippen LogP contribution in [-0.4, -0.2) is 73.4 Å². The number of nitrogens with one attached hydrogen (secondary N) is 1. The Hall–Kier alpha value is -0.760. The molecular weight excluding hydrogens is 852 g/mol. The SMILES string of the molecule is CCCCCCCCCC/C=C\CCCCCCCCCCCCCCCC(=O)NC(COP(=O)(O)OCC[N+](C)(C)C)C(O)CCCCCCCCCCCCCCCCCCCCCC. The Labute approximate surface area is 418 Å². The van der Waals surface area contributed by atoms with Crippen LogP contribution in [0, 0.1) is 0 Å². The lowest BCUT2D eigenvalue weighted by Gasteiger charge is -2.26. The van der Waals surface area contributed by atoms with Gasteiger partial charge in [-0.25, -0.2) is 4.57 Å². The van der Waals surface area contributed by atoms with Gasteiger partial charge >= 0.3 is 7.82 Å². The van der Waals surface area contributed by atoms with Gasteiger partial charge in [0.15, 0.2) is 0 Å². The first kappa shape index (κ1) is 66.2. The highest BCUT2D eigenvalue weighted by molar-refractivity contribution is 7.47. The van der Waals surface area contributed by atoms with E-state index in [2.05, 4.69) is 31.3 Å². The molecule has 0 fully saturated rings.